The van der Waals surface area contributed by atoms with Gasteiger partial charge in [0.25, 0.3) is 0 Å². The number of carboxylic acid groups (broad SMARTS) is 1. The zero-order valence-electron chi connectivity index (χ0n) is 13.7. The Balaban J connectivity index is 2.09. The van der Waals surface area contributed by atoms with Gasteiger partial charge >= 0.3 is 5.97 Å². The first-order valence-electron chi connectivity index (χ1n) is 7.59. The zero-order valence-corrected chi connectivity index (χ0v) is 14.5. The van der Waals surface area contributed by atoms with Crippen LogP contribution in [0, 0.1) is 11.3 Å². The minimum atomic E-state index is -1.02. The highest BCUT2D eigenvalue weighted by molar-refractivity contribution is 8.01. The predicted molar refractivity (Wildman–Crippen MR) is 97.3 cm³/mol. The second kappa shape index (κ2) is 6.54. The van der Waals surface area contributed by atoms with Crippen molar-refractivity contribution in [3.63, 3.8) is 0 Å². The van der Waals surface area contributed by atoms with E-state index in [1.54, 1.807) is 32.2 Å². The molecule has 2 aromatic carbocycles. The Morgan fingerprint density at radius 1 is 1.20 bits per heavy atom. The average Bonchev–Trinajstić information content (AvgIpc) is 2.61. The van der Waals surface area contributed by atoms with Gasteiger partial charge in [0, 0.05) is 17.1 Å². The van der Waals surface area contributed by atoms with Crippen LogP contribution in [-0.2, 0) is 4.79 Å². The number of aromatic nitrogens is 2. The molecule has 0 saturated carbocycles. The van der Waals surface area contributed by atoms with E-state index in [-0.39, 0.29) is 0 Å². The van der Waals surface area contributed by atoms with Gasteiger partial charge in [-0.15, -0.1) is 0 Å². The lowest BCUT2D eigenvalue weighted by Gasteiger charge is -2.17. The second-order valence-corrected chi connectivity index (χ2v) is 7.59. The Kier molecular flexibility index (Phi) is 4.43. The molecule has 0 aliphatic rings. The molecule has 5 nitrogen and oxygen atoms in total. The van der Waals surface area contributed by atoms with Gasteiger partial charge < -0.3 is 5.11 Å². The molecule has 0 aliphatic carbocycles. The molecule has 3 aromatic rings. The number of fused-ring (bicyclic) bond motifs is 1. The van der Waals surface area contributed by atoms with E-state index in [0.717, 1.165) is 33.8 Å². The number of benzene rings is 2. The second-order valence-electron chi connectivity index (χ2n) is 6.00. The number of hydrogen-bond donors (Lipinski definition) is 1. The van der Waals surface area contributed by atoms with Gasteiger partial charge in [-0.1, -0.05) is 42.1 Å². The molecule has 0 unspecified atom stereocenters. The van der Waals surface area contributed by atoms with Crippen LogP contribution < -0.4 is 0 Å². The molecule has 25 heavy (non-hydrogen) atoms. The highest BCUT2D eigenvalue weighted by atomic mass is 32.2. The summed E-state index contributed by atoms with van der Waals surface area (Å²) in [5, 5.41) is 19.5. The van der Waals surface area contributed by atoms with Crippen molar-refractivity contribution in [2.45, 2.75) is 23.8 Å². The molecule has 124 valence electrons. The molecule has 6 heteroatoms. The van der Waals surface area contributed by atoms with E-state index in [2.05, 4.69) is 16.0 Å². The van der Waals surface area contributed by atoms with Crippen LogP contribution in [0.25, 0.3) is 22.0 Å². The minimum absolute atomic E-state index is 0.418. The first-order chi connectivity index (χ1) is 11.9. The SMILES string of the molecule is CC(C)(Sc1ncc2cccc(-c3ccc(C#N)cc3)c2n1)C(=O)O. The number of rotatable bonds is 4. The summed E-state index contributed by atoms with van der Waals surface area (Å²) in [4.78, 5) is 20.2. The van der Waals surface area contributed by atoms with Crippen LogP contribution >= 0.6 is 11.8 Å². The van der Waals surface area contributed by atoms with Crippen molar-refractivity contribution in [2.24, 2.45) is 0 Å². The lowest BCUT2D eigenvalue weighted by Crippen LogP contribution is -2.27. The Morgan fingerprint density at radius 3 is 2.56 bits per heavy atom. The van der Waals surface area contributed by atoms with Crippen LogP contribution in [0.1, 0.15) is 19.4 Å². The van der Waals surface area contributed by atoms with Crippen LogP contribution in [0.2, 0.25) is 0 Å². The number of thioether (sulfide) groups is 1. The Bertz CT molecular complexity index is 992. The van der Waals surface area contributed by atoms with E-state index in [9.17, 15) is 9.90 Å². The highest BCUT2D eigenvalue weighted by Crippen LogP contribution is 2.33. The summed E-state index contributed by atoms with van der Waals surface area (Å²) in [5.74, 6) is -0.915. The van der Waals surface area contributed by atoms with Crippen LogP contribution in [0.4, 0.5) is 0 Å². The lowest BCUT2D eigenvalue weighted by atomic mass is 10.0. The number of nitriles is 1. The molecular weight excluding hydrogens is 334 g/mol. The molecule has 1 heterocycles. The van der Waals surface area contributed by atoms with E-state index in [0.29, 0.717) is 10.7 Å². The van der Waals surface area contributed by atoms with Gasteiger partial charge in [-0.05, 0) is 31.5 Å². The molecule has 1 aromatic heterocycles. The van der Waals surface area contributed by atoms with E-state index in [1.165, 1.54) is 0 Å². The summed E-state index contributed by atoms with van der Waals surface area (Å²) in [7, 11) is 0. The number of nitrogens with zero attached hydrogens (tertiary/aromatic N) is 3. The molecule has 0 radical (unpaired) electrons. The third kappa shape index (κ3) is 3.47. The van der Waals surface area contributed by atoms with Gasteiger partial charge in [0.05, 0.1) is 17.1 Å². The number of carbonyl (C=O) groups is 1. The third-order valence-electron chi connectivity index (χ3n) is 3.78. The summed E-state index contributed by atoms with van der Waals surface area (Å²) in [5.41, 5.74) is 3.21. The predicted octanol–water partition coefficient (Wildman–Crippen LogP) is 4.12. The quantitative estimate of drug-likeness (QED) is 0.563. The maximum atomic E-state index is 11.3. The fraction of sp³-hybridized carbons (Fsp3) is 0.158. The van der Waals surface area contributed by atoms with Gasteiger partial charge in [-0.3, -0.25) is 4.79 Å². The maximum absolute atomic E-state index is 11.3. The lowest BCUT2D eigenvalue weighted by molar-refractivity contribution is -0.138. The summed E-state index contributed by atoms with van der Waals surface area (Å²) >= 11 is 1.11. The fourth-order valence-corrected chi connectivity index (χ4v) is 3.10. The van der Waals surface area contributed by atoms with Gasteiger partial charge in [0.15, 0.2) is 5.16 Å². The largest absolute Gasteiger partial charge is 0.480 e. The van der Waals surface area contributed by atoms with E-state index >= 15 is 0 Å². The highest BCUT2D eigenvalue weighted by Gasteiger charge is 2.30. The van der Waals surface area contributed by atoms with E-state index < -0.39 is 10.7 Å². The molecule has 0 spiro atoms. The van der Waals surface area contributed by atoms with Crippen LogP contribution in [0.15, 0.2) is 53.8 Å². The summed E-state index contributed by atoms with van der Waals surface area (Å²) in [6.45, 7) is 3.25. The van der Waals surface area contributed by atoms with Gasteiger partial charge in [-0.25, -0.2) is 9.97 Å². The molecule has 0 amide bonds. The maximum Gasteiger partial charge on any atom is 0.319 e. The third-order valence-corrected chi connectivity index (χ3v) is 4.84. The Labute approximate surface area is 149 Å². The summed E-state index contributed by atoms with van der Waals surface area (Å²) in [6.07, 6.45) is 1.70. The van der Waals surface area contributed by atoms with E-state index in [1.807, 2.05) is 30.3 Å². The molecule has 0 aliphatic heterocycles. The zero-order chi connectivity index (χ0) is 18.0. The number of carboxylic acids is 1. The van der Waals surface area contributed by atoms with Crippen molar-refractivity contribution in [3.05, 3.63) is 54.2 Å². The smallest absolute Gasteiger partial charge is 0.319 e. The number of hydrogen-bond acceptors (Lipinski definition) is 5. The Hall–Kier alpha value is -2.91. The summed E-state index contributed by atoms with van der Waals surface area (Å²) in [6, 6.07) is 15.2. The van der Waals surface area contributed by atoms with Gasteiger partial charge in [-0.2, -0.15) is 5.26 Å². The van der Waals surface area contributed by atoms with Crippen LogP contribution in [0.3, 0.4) is 0 Å². The molecular formula is C19H15N3O2S. The normalized spacial score (nSPS) is 11.2. The molecule has 0 fully saturated rings. The average molecular weight is 349 g/mol. The molecule has 0 atom stereocenters. The monoisotopic (exact) mass is 349 g/mol. The first-order valence-corrected chi connectivity index (χ1v) is 8.41. The minimum Gasteiger partial charge on any atom is -0.480 e. The van der Waals surface area contributed by atoms with Crippen molar-refractivity contribution < 1.29 is 9.90 Å². The van der Waals surface area contributed by atoms with Crippen molar-refractivity contribution in [3.8, 4) is 17.2 Å². The number of para-hydroxylation sites is 1. The number of aliphatic carboxylic acids is 1. The van der Waals surface area contributed by atoms with Gasteiger partial charge in [0.1, 0.15) is 4.75 Å². The standard InChI is InChI=1S/C19H15N3O2S/c1-19(2,17(23)24)25-18-21-11-14-4-3-5-15(16(14)22-18)13-8-6-12(10-20)7-9-13/h3-9,11H,1-2H3,(H,23,24). The van der Waals surface area contributed by atoms with Crippen molar-refractivity contribution in [1.82, 2.24) is 9.97 Å². The molecule has 1 N–H and O–H groups in total. The van der Waals surface area contributed by atoms with Crippen molar-refractivity contribution in [2.75, 3.05) is 0 Å². The molecule has 3 rings (SSSR count). The van der Waals surface area contributed by atoms with Crippen LogP contribution in [-0.4, -0.2) is 25.8 Å². The van der Waals surface area contributed by atoms with Gasteiger partial charge in [0.2, 0.25) is 0 Å². The molecule has 0 saturated heterocycles. The fourth-order valence-electron chi connectivity index (χ4n) is 2.32. The molecule has 0 bridgehead atoms. The first kappa shape index (κ1) is 16.9. The Morgan fingerprint density at radius 2 is 1.92 bits per heavy atom. The van der Waals surface area contributed by atoms with Crippen molar-refractivity contribution >= 4 is 28.6 Å². The van der Waals surface area contributed by atoms with Crippen LogP contribution in [0.5, 0.6) is 0 Å². The van der Waals surface area contributed by atoms with E-state index in [4.69, 9.17) is 5.26 Å². The topological polar surface area (TPSA) is 86.9 Å². The van der Waals surface area contributed by atoms with Crippen molar-refractivity contribution in [1.29, 1.82) is 5.26 Å². The summed E-state index contributed by atoms with van der Waals surface area (Å²) < 4.78 is -1.02.